The Morgan fingerprint density at radius 2 is 1.60 bits per heavy atom. The molecule has 0 heterocycles. The second kappa shape index (κ2) is 7.85. The van der Waals surface area contributed by atoms with E-state index in [9.17, 15) is 9.59 Å². The van der Waals surface area contributed by atoms with E-state index in [2.05, 4.69) is 19.6 Å². The summed E-state index contributed by atoms with van der Waals surface area (Å²) < 4.78 is 14.4. The molecule has 8 heteroatoms. The molecule has 0 fully saturated rings. The summed E-state index contributed by atoms with van der Waals surface area (Å²) in [4.78, 5) is 30.7. The van der Waals surface area contributed by atoms with Gasteiger partial charge in [0.2, 0.25) is 0 Å². The molecule has 0 aliphatic rings. The quantitative estimate of drug-likeness (QED) is 0.445. The van der Waals surface area contributed by atoms with Crippen LogP contribution >= 0.6 is 0 Å². The summed E-state index contributed by atoms with van der Waals surface area (Å²) in [5.41, 5.74) is 0.0914. The van der Waals surface area contributed by atoms with E-state index >= 15 is 0 Å². The van der Waals surface area contributed by atoms with Crippen LogP contribution in [0.5, 0.6) is 11.5 Å². The van der Waals surface area contributed by atoms with Crippen molar-refractivity contribution in [3.63, 3.8) is 0 Å². The molecule has 0 amide bonds. The molecule has 0 atom stereocenters. The van der Waals surface area contributed by atoms with Crippen molar-refractivity contribution in [1.82, 2.24) is 0 Å². The number of hydrogen-bond acceptors (Lipinski definition) is 8. The molecule has 1 aromatic carbocycles. The number of carbonyl (C=O) groups excluding carboxylic acids is 2. The minimum atomic E-state index is -1.12. The van der Waals surface area contributed by atoms with E-state index < -0.39 is 12.1 Å². The van der Waals surface area contributed by atoms with Gasteiger partial charge in [-0.1, -0.05) is 0 Å². The van der Waals surface area contributed by atoms with Gasteiger partial charge in [-0.25, -0.2) is 14.5 Å². The molecule has 0 radical (unpaired) electrons. The van der Waals surface area contributed by atoms with E-state index in [1.807, 2.05) is 0 Å². The highest BCUT2D eigenvalue weighted by Gasteiger charge is 2.14. The van der Waals surface area contributed by atoms with E-state index in [-0.39, 0.29) is 12.2 Å². The van der Waals surface area contributed by atoms with Gasteiger partial charge in [0.1, 0.15) is 11.5 Å². The van der Waals surface area contributed by atoms with Crippen LogP contribution in [0.15, 0.2) is 18.2 Å². The third-order valence-electron chi connectivity index (χ3n) is 2.06. The lowest BCUT2D eigenvalue weighted by Crippen LogP contribution is -2.12. The highest BCUT2D eigenvalue weighted by atomic mass is 17.5. The minimum absolute atomic E-state index is 0.0914. The highest BCUT2D eigenvalue weighted by Crippen LogP contribution is 2.22. The molecular formula is C12H14O8. The Bertz CT molecular complexity index is 448. The zero-order chi connectivity index (χ0) is 15.0. The van der Waals surface area contributed by atoms with Crippen molar-refractivity contribution in [2.45, 2.75) is 6.92 Å². The number of methoxy groups -OCH3 is 2. The van der Waals surface area contributed by atoms with Gasteiger partial charge in [0.05, 0.1) is 31.4 Å². The Hall–Kier alpha value is -2.48. The maximum absolute atomic E-state index is 11.6. The molecule has 1 rings (SSSR count). The second-order valence-electron chi connectivity index (χ2n) is 3.31. The largest absolute Gasteiger partial charge is 0.543 e. The van der Waals surface area contributed by atoms with Crippen LogP contribution in [0.4, 0.5) is 4.79 Å². The fourth-order valence-electron chi connectivity index (χ4n) is 1.19. The van der Waals surface area contributed by atoms with Crippen molar-refractivity contribution < 1.29 is 38.6 Å². The molecule has 0 saturated heterocycles. The van der Waals surface area contributed by atoms with Crippen LogP contribution in [-0.4, -0.2) is 33.0 Å². The fraction of sp³-hybridized carbons (Fsp3) is 0.333. The lowest BCUT2D eigenvalue weighted by Gasteiger charge is -2.07. The van der Waals surface area contributed by atoms with Crippen LogP contribution in [-0.2, 0) is 19.6 Å². The van der Waals surface area contributed by atoms with E-state index in [1.54, 1.807) is 13.0 Å². The molecule has 0 spiro atoms. The molecular weight excluding hydrogens is 272 g/mol. The van der Waals surface area contributed by atoms with Gasteiger partial charge in [-0.3, -0.25) is 4.89 Å². The van der Waals surface area contributed by atoms with Gasteiger partial charge in [0.25, 0.3) is 0 Å². The van der Waals surface area contributed by atoms with Gasteiger partial charge >= 0.3 is 12.1 Å². The highest BCUT2D eigenvalue weighted by molar-refractivity contribution is 5.90. The summed E-state index contributed by atoms with van der Waals surface area (Å²) in [6, 6.07) is 4.38. The summed E-state index contributed by atoms with van der Waals surface area (Å²) in [7, 11) is 2.87. The summed E-state index contributed by atoms with van der Waals surface area (Å²) in [5, 5.41) is 4.01. The van der Waals surface area contributed by atoms with Gasteiger partial charge in [-0.2, -0.15) is 0 Å². The van der Waals surface area contributed by atoms with Crippen molar-refractivity contribution in [2.75, 3.05) is 20.8 Å². The minimum Gasteiger partial charge on any atom is -0.497 e. The Balaban J connectivity index is 2.60. The molecule has 0 aromatic heterocycles. The van der Waals surface area contributed by atoms with Crippen LogP contribution in [0.1, 0.15) is 17.3 Å². The van der Waals surface area contributed by atoms with Crippen molar-refractivity contribution >= 4 is 12.1 Å². The second-order valence-corrected chi connectivity index (χ2v) is 3.31. The number of rotatable bonds is 6. The molecule has 0 aliphatic heterocycles. The first-order valence-corrected chi connectivity index (χ1v) is 5.56. The Morgan fingerprint density at radius 3 is 2.10 bits per heavy atom. The van der Waals surface area contributed by atoms with E-state index in [0.29, 0.717) is 11.5 Å². The Labute approximate surface area is 114 Å². The number of ether oxygens (including phenoxy) is 3. The molecule has 0 aliphatic carbocycles. The van der Waals surface area contributed by atoms with Crippen molar-refractivity contribution in [1.29, 1.82) is 0 Å². The van der Waals surface area contributed by atoms with Gasteiger partial charge < -0.3 is 14.2 Å². The SMILES string of the molecule is CCOC(=O)OOOC(=O)c1cc(OC)cc(OC)c1. The normalized spacial score (nSPS) is 9.55. The van der Waals surface area contributed by atoms with Crippen molar-refractivity contribution in [3.05, 3.63) is 23.8 Å². The first kappa shape index (κ1) is 15.6. The molecule has 0 bridgehead atoms. The zero-order valence-corrected chi connectivity index (χ0v) is 11.2. The lowest BCUT2D eigenvalue weighted by molar-refractivity contribution is -0.452. The van der Waals surface area contributed by atoms with Gasteiger partial charge in [-0.05, 0) is 19.1 Å². The first-order chi connectivity index (χ1) is 9.60. The smallest absolute Gasteiger partial charge is 0.497 e. The standard InChI is InChI=1S/C12H14O8/c1-4-17-12(14)19-20-18-11(13)8-5-9(15-2)7-10(6-8)16-3/h5-7H,4H2,1-3H3. The Kier molecular flexibility index (Phi) is 6.11. The summed E-state index contributed by atoms with van der Waals surface area (Å²) in [5.74, 6) is -0.114. The van der Waals surface area contributed by atoms with Crippen molar-refractivity contribution in [2.24, 2.45) is 0 Å². The average molecular weight is 286 g/mol. The van der Waals surface area contributed by atoms with Gasteiger partial charge in [-0.15, -0.1) is 0 Å². The molecule has 20 heavy (non-hydrogen) atoms. The summed E-state index contributed by atoms with van der Waals surface area (Å²) in [6.45, 7) is 1.68. The Morgan fingerprint density at radius 1 is 1.00 bits per heavy atom. The third kappa shape index (κ3) is 4.65. The van der Waals surface area contributed by atoms with Crippen molar-refractivity contribution in [3.8, 4) is 11.5 Å². The van der Waals surface area contributed by atoms with Crippen LogP contribution in [0, 0.1) is 0 Å². The fourth-order valence-corrected chi connectivity index (χ4v) is 1.19. The summed E-state index contributed by atoms with van der Waals surface area (Å²) in [6.07, 6.45) is -1.12. The van der Waals surface area contributed by atoms with E-state index in [0.717, 1.165) is 0 Å². The molecule has 0 N–H and O–H groups in total. The maximum atomic E-state index is 11.6. The van der Waals surface area contributed by atoms with Gasteiger partial charge in [0.15, 0.2) is 0 Å². The van der Waals surface area contributed by atoms with Crippen LogP contribution in [0.25, 0.3) is 0 Å². The maximum Gasteiger partial charge on any atom is 0.543 e. The number of benzene rings is 1. The summed E-state index contributed by atoms with van der Waals surface area (Å²) >= 11 is 0. The average Bonchev–Trinajstić information content (AvgIpc) is 2.46. The number of carbonyl (C=O) groups is 2. The molecule has 8 nitrogen and oxygen atoms in total. The molecule has 0 unspecified atom stereocenters. The first-order valence-electron chi connectivity index (χ1n) is 5.56. The predicted molar refractivity (Wildman–Crippen MR) is 64.2 cm³/mol. The lowest BCUT2D eigenvalue weighted by atomic mass is 10.2. The van der Waals surface area contributed by atoms with Crippen LogP contribution in [0.2, 0.25) is 0 Å². The van der Waals surface area contributed by atoms with Crippen LogP contribution < -0.4 is 9.47 Å². The van der Waals surface area contributed by atoms with Gasteiger partial charge in [0, 0.05) is 6.07 Å². The predicted octanol–water partition coefficient (Wildman–Crippen LogP) is 1.88. The topological polar surface area (TPSA) is 89.5 Å². The molecule has 110 valence electrons. The molecule has 1 aromatic rings. The monoisotopic (exact) mass is 286 g/mol. The van der Waals surface area contributed by atoms with Crippen LogP contribution in [0.3, 0.4) is 0 Å². The third-order valence-corrected chi connectivity index (χ3v) is 2.06. The van der Waals surface area contributed by atoms with E-state index in [1.165, 1.54) is 26.4 Å². The van der Waals surface area contributed by atoms with E-state index in [4.69, 9.17) is 9.47 Å². The number of hydrogen-bond donors (Lipinski definition) is 0. The molecule has 0 saturated carbocycles. The zero-order valence-electron chi connectivity index (χ0n) is 11.2.